The molecule has 0 unspecified atom stereocenters. The van der Waals surface area contributed by atoms with Crippen LogP contribution < -0.4 is 10.5 Å². The first-order valence-corrected chi connectivity index (χ1v) is 8.20. The van der Waals surface area contributed by atoms with Crippen LogP contribution in [0.2, 0.25) is 0 Å². The topological polar surface area (TPSA) is 72.2 Å². The number of nitrogens with two attached hydrogens (primary N) is 1. The van der Waals surface area contributed by atoms with Gasteiger partial charge in [-0.3, -0.25) is 0 Å². The first-order chi connectivity index (χ1) is 8.90. The van der Waals surface area contributed by atoms with Crippen molar-refractivity contribution in [2.45, 2.75) is 25.3 Å². The number of anilines is 1. The largest absolute Gasteiger partial charge is 0.399 e. The highest BCUT2D eigenvalue weighted by atomic mass is 32.2. The third-order valence-corrected chi connectivity index (χ3v) is 5.37. The third kappa shape index (κ3) is 3.15. The summed E-state index contributed by atoms with van der Waals surface area (Å²) in [7, 11) is -3.50. The number of nitrogen functional groups attached to an aromatic ring is 1. The summed E-state index contributed by atoms with van der Waals surface area (Å²) in [5.74, 6) is 0. The predicted molar refractivity (Wildman–Crippen MR) is 78.7 cm³/mol. The van der Waals surface area contributed by atoms with Gasteiger partial charge in [0.1, 0.15) is 0 Å². The molecular weight excluding hydrogens is 280 g/mol. The summed E-state index contributed by atoms with van der Waals surface area (Å²) >= 11 is 1.57. The Balaban J connectivity index is 2.21. The molecule has 0 amide bonds. The van der Waals surface area contributed by atoms with Crippen molar-refractivity contribution < 1.29 is 8.42 Å². The van der Waals surface area contributed by atoms with Crippen LogP contribution in [-0.2, 0) is 16.6 Å². The maximum absolute atomic E-state index is 12.2. The van der Waals surface area contributed by atoms with Crippen molar-refractivity contribution in [2.24, 2.45) is 0 Å². The van der Waals surface area contributed by atoms with Gasteiger partial charge in [-0.1, -0.05) is 0 Å². The van der Waals surface area contributed by atoms with Crippen molar-refractivity contribution in [3.8, 4) is 0 Å². The normalized spacial score (nSPS) is 11.7. The second kappa shape index (κ2) is 5.32. The van der Waals surface area contributed by atoms with Crippen LogP contribution in [0.25, 0.3) is 0 Å². The lowest BCUT2D eigenvalue weighted by Crippen LogP contribution is -2.24. The summed E-state index contributed by atoms with van der Waals surface area (Å²) in [6.45, 7) is 4.01. The van der Waals surface area contributed by atoms with Crippen LogP contribution in [0.1, 0.15) is 16.7 Å². The molecule has 0 bridgehead atoms. The van der Waals surface area contributed by atoms with E-state index >= 15 is 0 Å². The Hall–Kier alpha value is -1.37. The average molecular weight is 296 g/mol. The molecule has 4 nitrogen and oxygen atoms in total. The second-order valence-electron chi connectivity index (χ2n) is 4.43. The summed E-state index contributed by atoms with van der Waals surface area (Å²) in [5, 5.41) is 3.95. The molecule has 3 N–H and O–H groups in total. The van der Waals surface area contributed by atoms with Gasteiger partial charge in [-0.15, -0.1) is 0 Å². The average Bonchev–Trinajstić information content (AvgIpc) is 2.72. The first-order valence-electron chi connectivity index (χ1n) is 5.77. The molecule has 102 valence electrons. The lowest BCUT2D eigenvalue weighted by molar-refractivity contribution is 0.580. The molecule has 1 aromatic heterocycles. The SMILES string of the molecule is Cc1cscc1CNS(=O)(=O)c1ccc(N)cc1C. The zero-order chi connectivity index (χ0) is 14.0. The summed E-state index contributed by atoms with van der Waals surface area (Å²) < 4.78 is 27.1. The fourth-order valence-corrected chi connectivity index (χ4v) is 3.88. The van der Waals surface area contributed by atoms with E-state index in [0.29, 0.717) is 17.8 Å². The van der Waals surface area contributed by atoms with Gasteiger partial charge in [-0.05, 0) is 59.5 Å². The summed E-state index contributed by atoms with van der Waals surface area (Å²) in [4.78, 5) is 0.273. The molecule has 6 heteroatoms. The van der Waals surface area contributed by atoms with Crippen molar-refractivity contribution in [1.82, 2.24) is 4.72 Å². The van der Waals surface area contributed by atoms with Gasteiger partial charge in [0.05, 0.1) is 4.90 Å². The number of benzene rings is 1. The second-order valence-corrected chi connectivity index (χ2v) is 6.91. The number of rotatable bonds is 4. The quantitative estimate of drug-likeness (QED) is 0.851. The molecule has 19 heavy (non-hydrogen) atoms. The minimum absolute atomic E-state index is 0.273. The molecule has 0 radical (unpaired) electrons. The van der Waals surface area contributed by atoms with Crippen molar-refractivity contribution in [1.29, 1.82) is 0 Å². The maximum atomic E-state index is 12.2. The van der Waals surface area contributed by atoms with Crippen molar-refractivity contribution in [2.75, 3.05) is 5.73 Å². The van der Waals surface area contributed by atoms with Crippen LogP contribution in [0.15, 0.2) is 33.9 Å². The Morgan fingerprint density at radius 3 is 2.53 bits per heavy atom. The van der Waals surface area contributed by atoms with Gasteiger partial charge in [0.25, 0.3) is 0 Å². The molecule has 0 saturated carbocycles. The standard InChI is InChI=1S/C13H16N2O2S2/c1-9-5-12(14)3-4-13(9)19(16,17)15-6-11-8-18-7-10(11)2/h3-5,7-8,15H,6,14H2,1-2H3. The number of sulfonamides is 1. The minimum atomic E-state index is -3.50. The zero-order valence-corrected chi connectivity index (χ0v) is 12.4. The number of hydrogen-bond donors (Lipinski definition) is 2. The number of hydrogen-bond acceptors (Lipinski definition) is 4. The van der Waals surface area contributed by atoms with E-state index in [1.165, 1.54) is 6.07 Å². The highest BCUT2D eigenvalue weighted by Crippen LogP contribution is 2.19. The highest BCUT2D eigenvalue weighted by molar-refractivity contribution is 7.89. The summed E-state index contributed by atoms with van der Waals surface area (Å²) in [5.41, 5.74) is 8.94. The molecule has 0 atom stereocenters. The van der Waals surface area contributed by atoms with E-state index in [9.17, 15) is 8.42 Å². The van der Waals surface area contributed by atoms with Gasteiger partial charge < -0.3 is 5.73 Å². The third-order valence-electron chi connectivity index (χ3n) is 2.90. The lowest BCUT2D eigenvalue weighted by atomic mass is 10.2. The van der Waals surface area contributed by atoms with Gasteiger partial charge >= 0.3 is 0 Å². The molecule has 2 rings (SSSR count). The molecule has 1 heterocycles. The van der Waals surface area contributed by atoms with E-state index in [0.717, 1.165) is 11.1 Å². The predicted octanol–water partition coefficient (Wildman–Crippen LogP) is 2.43. The molecule has 0 aliphatic carbocycles. The molecule has 0 spiro atoms. The molecule has 1 aromatic carbocycles. The molecule has 0 saturated heterocycles. The molecule has 0 fully saturated rings. The van der Waals surface area contributed by atoms with E-state index in [1.54, 1.807) is 30.4 Å². The number of thiophene rings is 1. The van der Waals surface area contributed by atoms with Gasteiger partial charge in [0.15, 0.2) is 0 Å². The molecule has 0 aliphatic heterocycles. The summed E-state index contributed by atoms with van der Waals surface area (Å²) in [6.07, 6.45) is 0. The van der Waals surface area contributed by atoms with E-state index < -0.39 is 10.0 Å². The van der Waals surface area contributed by atoms with Gasteiger partial charge in [0, 0.05) is 12.2 Å². The maximum Gasteiger partial charge on any atom is 0.241 e. The smallest absolute Gasteiger partial charge is 0.241 e. The van der Waals surface area contributed by atoms with E-state index in [1.807, 2.05) is 17.7 Å². The van der Waals surface area contributed by atoms with Crippen LogP contribution in [0.3, 0.4) is 0 Å². The van der Waals surface area contributed by atoms with Crippen LogP contribution in [0, 0.1) is 13.8 Å². The number of nitrogens with one attached hydrogen (secondary N) is 1. The lowest BCUT2D eigenvalue weighted by Gasteiger charge is -2.09. The molecule has 2 aromatic rings. The van der Waals surface area contributed by atoms with Crippen LogP contribution in [-0.4, -0.2) is 8.42 Å². The monoisotopic (exact) mass is 296 g/mol. The fraction of sp³-hybridized carbons (Fsp3) is 0.231. The fourth-order valence-electron chi connectivity index (χ4n) is 1.79. The van der Waals surface area contributed by atoms with Gasteiger partial charge in [0.2, 0.25) is 10.0 Å². The van der Waals surface area contributed by atoms with E-state index in [-0.39, 0.29) is 4.90 Å². The number of aryl methyl sites for hydroxylation is 2. The van der Waals surface area contributed by atoms with Crippen molar-refractivity contribution >= 4 is 27.0 Å². The highest BCUT2D eigenvalue weighted by Gasteiger charge is 2.16. The van der Waals surface area contributed by atoms with Crippen LogP contribution in [0.4, 0.5) is 5.69 Å². The Kier molecular flexibility index (Phi) is 3.93. The van der Waals surface area contributed by atoms with Crippen molar-refractivity contribution in [3.63, 3.8) is 0 Å². The zero-order valence-electron chi connectivity index (χ0n) is 10.8. The Labute approximate surface area is 117 Å². The van der Waals surface area contributed by atoms with Crippen LogP contribution >= 0.6 is 11.3 Å². The minimum Gasteiger partial charge on any atom is -0.399 e. The van der Waals surface area contributed by atoms with Crippen molar-refractivity contribution in [3.05, 3.63) is 45.6 Å². The molecular formula is C13H16N2O2S2. The van der Waals surface area contributed by atoms with Gasteiger partial charge in [-0.2, -0.15) is 11.3 Å². The summed E-state index contributed by atoms with van der Waals surface area (Å²) in [6, 6.07) is 4.79. The van der Waals surface area contributed by atoms with Gasteiger partial charge in [-0.25, -0.2) is 13.1 Å². The molecule has 0 aliphatic rings. The van der Waals surface area contributed by atoms with E-state index in [4.69, 9.17) is 5.73 Å². The Morgan fingerprint density at radius 1 is 1.21 bits per heavy atom. The van der Waals surface area contributed by atoms with E-state index in [2.05, 4.69) is 4.72 Å². The Morgan fingerprint density at radius 2 is 1.95 bits per heavy atom. The first kappa shape index (κ1) is 14.0. The van der Waals surface area contributed by atoms with Crippen LogP contribution in [0.5, 0.6) is 0 Å². The Bertz CT molecular complexity index is 690.